The van der Waals surface area contributed by atoms with Crippen LogP contribution in [0.25, 0.3) is 0 Å². The fourth-order valence-electron chi connectivity index (χ4n) is 4.43. The standard InChI is InChI=1S/C27H38FN3O4/c1-17(2)18(3)21(11-12-24(32)30-14-13-19-9-7-8-10-22(19)30)29-25(33)23-15-20(28)16-31(23)26(34)35-27(4,5)6/h7-12,17-18,20-21,23H,13-16H2,1-6H3,(H,29,33)/b12-11+/t18-,20+,21-,23+/m1/s1. The van der Waals surface area contributed by atoms with E-state index in [-0.39, 0.29) is 30.7 Å². The molecule has 192 valence electrons. The summed E-state index contributed by atoms with van der Waals surface area (Å²) in [7, 11) is 0. The molecule has 1 aromatic carbocycles. The highest BCUT2D eigenvalue weighted by atomic mass is 19.1. The van der Waals surface area contributed by atoms with Crippen LogP contribution in [-0.4, -0.2) is 59.8 Å². The van der Waals surface area contributed by atoms with Crippen molar-refractivity contribution in [3.05, 3.63) is 42.0 Å². The van der Waals surface area contributed by atoms with E-state index in [2.05, 4.69) is 5.32 Å². The number of carbonyl (C=O) groups is 3. The molecule has 8 heteroatoms. The molecule has 0 radical (unpaired) electrons. The van der Waals surface area contributed by atoms with Gasteiger partial charge in [-0.1, -0.05) is 45.0 Å². The molecule has 1 N–H and O–H groups in total. The van der Waals surface area contributed by atoms with Crippen molar-refractivity contribution >= 4 is 23.6 Å². The van der Waals surface area contributed by atoms with Crippen LogP contribution in [0.5, 0.6) is 0 Å². The Balaban J connectivity index is 1.73. The van der Waals surface area contributed by atoms with Gasteiger partial charge in [0.1, 0.15) is 17.8 Å². The maximum atomic E-state index is 14.3. The highest BCUT2D eigenvalue weighted by Gasteiger charge is 2.42. The zero-order valence-electron chi connectivity index (χ0n) is 21.6. The number of likely N-dealkylation sites (tertiary alicyclic amines) is 1. The first kappa shape index (κ1) is 26.7. The van der Waals surface area contributed by atoms with Gasteiger partial charge < -0.3 is 15.0 Å². The van der Waals surface area contributed by atoms with Crippen molar-refractivity contribution in [1.82, 2.24) is 10.2 Å². The molecule has 3 amide bonds. The number of nitrogens with zero attached hydrogens (tertiary/aromatic N) is 2. The number of hydrogen-bond donors (Lipinski definition) is 1. The normalized spacial score (nSPS) is 21.8. The molecule has 0 spiro atoms. The average molecular weight is 488 g/mol. The van der Waals surface area contributed by atoms with Gasteiger partial charge in [-0.15, -0.1) is 0 Å². The number of alkyl halides is 1. The summed E-state index contributed by atoms with van der Waals surface area (Å²) in [6, 6.07) is 6.41. The van der Waals surface area contributed by atoms with E-state index in [1.54, 1.807) is 31.7 Å². The maximum Gasteiger partial charge on any atom is 0.411 e. The van der Waals surface area contributed by atoms with Crippen LogP contribution in [0.1, 0.15) is 53.5 Å². The Hall–Kier alpha value is -2.90. The average Bonchev–Trinajstić information content (AvgIpc) is 3.38. The number of para-hydroxylation sites is 1. The van der Waals surface area contributed by atoms with Gasteiger partial charge in [-0.05, 0) is 50.7 Å². The van der Waals surface area contributed by atoms with Crippen LogP contribution in [0.3, 0.4) is 0 Å². The summed E-state index contributed by atoms with van der Waals surface area (Å²) in [5.41, 5.74) is 1.30. The molecule has 0 saturated carbocycles. The number of amides is 3. The van der Waals surface area contributed by atoms with E-state index in [0.29, 0.717) is 6.54 Å². The number of benzene rings is 1. The van der Waals surface area contributed by atoms with Crippen LogP contribution in [0.15, 0.2) is 36.4 Å². The van der Waals surface area contributed by atoms with E-state index in [4.69, 9.17) is 4.74 Å². The summed E-state index contributed by atoms with van der Waals surface area (Å²) in [6.07, 6.45) is 1.94. The second kappa shape index (κ2) is 10.8. The van der Waals surface area contributed by atoms with Crippen LogP contribution in [0, 0.1) is 11.8 Å². The lowest BCUT2D eigenvalue weighted by molar-refractivity contribution is -0.126. The van der Waals surface area contributed by atoms with E-state index in [1.165, 1.54) is 11.0 Å². The van der Waals surface area contributed by atoms with Crippen LogP contribution in [0.4, 0.5) is 14.9 Å². The van der Waals surface area contributed by atoms with Crippen LogP contribution in [0.2, 0.25) is 0 Å². The minimum Gasteiger partial charge on any atom is -0.444 e. The molecule has 4 atom stereocenters. The Morgan fingerprint density at radius 3 is 2.51 bits per heavy atom. The Morgan fingerprint density at radius 2 is 1.86 bits per heavy atom. The number of halogens is 1. The molecule has 2 heterocycles. The van der Waals surface area contributed by atoms with Crippen molar-refractivity contribution in [3.63, 3.8) is 0 Å². The monoisotopic (exact) mass is 487 g/mol. The van der Waals surface area contributed by atoms with E-state index in [1.807, 2.05) is 45.0 Å². The third-order valence-corrected chi connectivity index (χ3v) is 6.71. The third kappa shape index (κ3) is 6.61. The molecule has 1 aromatic rings. The van der Waals surface area contributed by atoms with Crippen LogP contribution < -0.4 is 10.2 Å². The van der Waals surface area contributed by atoms with Gasteiger partial charge in [-0.3, -0.25) is 14.5 Å². The number of rotatable bonds is 6. The van der Waals surface area contributed by atoms with Gasteiger partial charge in [-0.2, -0.15) is 0 Å². The minimum atomic E-state index is -1.30. The largest absolute Gasteiger partial charge is 0.444 e. The molecule has 7 nitrogen and oxygen atoms in total. The molecule has 0 bridgehead atoms. The molecule has 2 aliphatic rings. The summed E-state index contributed by atoms with van der Waals surface area (Å²) in [5, 5.41) is 2.96. The predicted molar refractivity (Wildman–Crippen MR) is 134 cm³/mol. The van der Waals surface area contributed by atoms with Gasteiger partial charge in [0.05, 0.1) is 12.6 Å². The molecule has 0 aliphatic carbocycles. The number of anilines is 1. The number of fused-ring (bicyclic) bond motifs is 1. The summed E-state index contributed by atoms with van der Waals surface area (Å²) in [6.45, 7) is 11.7. The number of ether oxygens (including phenoxy) is 1. The molecule has 3 rings (SSSR count). The van der Waals surface area contributed by atoms with E-state index < -0.39 is 35.9 Å². The number of carbonyl (C=O) groups excluding carboxylic acids is 3. The molecule has 1 fully saturated rings. The lowest BCUT2D eigenvalue weighted by Gasteiger charge is -2.30. The smallest absolute Gasteiger partial charge is 0.411 e. The van der Waals surface area contributed by atoms with Crippen molar-refractivity contribution in [1.29, 1.82) is 0 Å². The minimum absolute atomic E-state index is 0.00594. The Kier molecular flexibility index (Phi) is 8.23. The van der Waals surface area contributed by atoms with Crippen molar-refractivity contribution < 1.29 is 23.5 Å². The summed E-state index contributed by atoms with van der Waals surface area (Å²) in [4.78, 5) is 41.7. The van der Waals surface area contributed by atoms with E-state index in [9.17, 15) is 18.8 Å². The van der Waals surface area contributed by atoms with Crippen molar-refractivity contribution in [2.45, 2.75) is 78.2 Å². The maximum absolute atomic E-state index is 14.3. The Labute approximate surface area is 207 Å². The first-order valence-electron chi connectivity index (χ1n) is 12.4. The Morgan fingerprint density at radius 1 is 1.17 bits per heavy atom. The van der Waals surface area contributed by atoms with E-state index >= 15 is 0 Å². The lowest BCUT2D eigenvalue weighted by Crippen LogP contribution is -2.51. The zero-order chi connectivity index (χ0) is 25.9. The summed E-state index contributed by atoms with van der Waals surface area (Å²) in [5.74, 6) is -0.374. The molecule has 35 heavy (non-hydrogen) atoms. The highest BCUT2D eigenvalue weighted by Crippen LogP contribution is 2.28. The molecular formula is C27H38FN3O4. The van der Waals surface area contributed by atoms with Gasteiger partial charge in [0.15, 0.2) is 0 Å². The number of nitrogens with one attached hydrogen (secondary N) is 1. The van der Waals surface area contributed by atoms with E-state index in [0.717, 1.165) is 17.7 Å². The predicted octanol–water partition coefficient (Wildman–Crippen LogP) is 4.26. The van der Waals surface area contributed by atoms with Gasteiger partial charge in [0.25, 0.3) is 5.91 Å². The molecule has 0 unspecified atom stereocenters. The molecular weight excluding hydrogens is 449 g/mol. The highest BCUT2D eigenvalue weighted by molar-refractivity contribution is 6.03. The van der Waals surface area contributed by atoms with Crippen molar-refractivity contribution in [3.8, 4) is 0 Å². The first-order valence-corrected chi connectivity index (χ1v) is 12.4. The molecule has 0 aromatic heterocycles. The third-order valence-electron chi connectivity index (χ3n) is 6.71. The number of hydrogen-bond acceptors (Lipinski definition) is 4. The van der Waals surface area contributed by atoms with Crippen LogP contribution >= 0.6 is 0 Å². The summed E-state index contributed by atoms with van der Waals surface area (Å²) < 4.78 is 19.6. The quantitative estimate of drug-likeness (QED) is 0.609. The van der Waals surface area contributed by atoms with Crippen LogP contribution in [-0.2, 0) is 20.7 Å². The fourth-order valence-corrected chi connectivity index (χ4v) is 4.43. The van der Waals surface area contributed by atoms with Gasteiger partial charge in [-0.25, -0.2) is 9.18 Å². The Bertz CT molecular complexity index is 971. The second-order valence-corrected chi connectivity index (χ2v) is 10.8. The fraction of sp³-hybridized carbons (Fsp3) is 0.593. The van der Waals surface area contributed by atoms with Gasteiger partial charge in [0, 0.05) is 24.7 Å². The molecule has 1 saturated heterocycles. The first-order chi connectivity index (χ1) is 16.4. The van der Waals surface area contributed by atoms with Gasteiger partial charge in [0.2, 0.25) is 5.91 Å². The SMILES string of the molecule is CC(C)[C@@H](C)[C@@H](/C=C/C(=O)N1CCc2ccccc21)NC(=O)[C@@H]1C[C@H](F)CN1C(=O)OC(C)(C)C. The topological polar surface area (TPSA) is 79.0 Å². The van der Waals surface area contributed by atoms with Crippen molar-refractivity contribution in [2.75, 3.05) is 18.0 Å². The second-order valence-electron chi connectivity index (χ2n) is 10.8. The zero-order valence-corrected chi connectivity index (χ0v) is 21.6. The van der Waals surface area contributed by atoms with Gasteiger partial charge >= 0.3 is 6.09 Å². The summed E-state index contributed by atoms with van der Waals surface area (Å²) >= 11 is 0. The molecule has 2 aliphatic heterocycles. The lowest BCUT2D eigenvalue weighted by atomic mass is 9.89. The van der Waals surface area contributed by atoms with Crippen molar-refractivity contribution in [2.24, 2.45) is 11.8 Å².